The van der Waals surface area contributed by atoms with Crippen LogP contribution in [0.4, 0.5) is 0 Å². The van der Waals surface area contributed by atoms with Gasteiger partial charge in [0, 0.05) is 5.69 Å². The van der Waals surface area contributed by atoms with Gasteiger partial charge < -0.3 is 4.57 Å². The van der Waals surface area contributed by atoms with E-state index >= 15 is 0 Å². The summed E-state index contributed by atoms with van der Waals surface area (Å²) in [5.41, 5.74) is 5.34. The van der Waals surface area contributed by atoms with E-state index in [1.54, 1.807) is 16.7 Å². The molecular formula is C24H21N3O. The van der Waals surface area contributed by atoms with Crippen molar-refractivity contribution in [3.05, 3.63) is 92.9 Å². The fourth-order valence-electron chi connectivity index (χ4n) is 3.41. The minimum Gasteiger partial charge on any atom is -0.307 e. The molecule has 0 radical (unpaired) electrons. The van der Waals surface area contributed by atoms with E-state index in [9.17, 15) is 15.3 Å². The summed E-state index contributed by atoms with van der Waals surface area (Å²) >= 11 is 0. The molecule has 0 aliphatic carbocycles. The SMILES string of the molecule is CCCc1cc(C#N)c(=O)n(Cc2ccc(-c3ccccc3C#N)cc2)c1C. The Morgan fingerprint density at radius 1 is 0.964 bits per heavy atom. The van der Waals surface area contributed by atoms with Crippen molar-refractivity contribution in [3.8, 4) is 23.3 Å². The fourth-order valence-corrected chi connectivity index (χ4v) is 3.41. The predicted octanol–water partition coefficient (Wildman–Crippen LogP) is 4.57. The van der Waals surface area contributed by atoms with E-state index in [1.165, 1.54) is 0 Å². The van der Waals surface area contributed by atoms with Gasteiger partial charge in [-0.1, -0.05) is 55.8 Å². The molecule has 0 spiro atoms. The van der Waals surface area contributed by atoms with Crippen LogP contribution < -0.4 is 5.56 Å². The second-order valence-electron chi connectivity index (χ2n) is 6.78. The minimum atomic E-state index is -0.251. The highest BCUT2D eigenvalue weighted by atomic mass is 16.1. The molecule has 0 saturated carbocycles. The Balaban J connectivity index is 1.97. The number of benzene rings is 2. The topological polar surface area (TPSA) is 69.6 Å². The van der Waals surface area contributed by atoms with Gasteiger partial charge >= 0.3 is 0 Å². The molecular weight excluding hydrogens is 346 g/mol. The lowest BCUT2D eigenvalue weighted by atomic mass is 9.99. The summed E-state index contributed by atoms with van der Waals surface area (Å²) in [4.78, 5) is 12.7. The molecule has 4 nitrogen and oxygen atoms in total. The Hall–Kier alpha value is -3.63. The summed E-state index contributed by atoms with van der Waals surface area (Å²) in [7, 11) is 0. The van der Waals surface area contributed by atoms with Gasteiger partial charge in [-0.3, -0.25) is 4.79 Å². The molecule has 0 saturated heterocycles. The quantitative estimate of drug-likeness (QED) is 0.663. The maximum Gasteiger partial charge on any atom is 0.268 e. The van der Waals surface area contributed by atoms with Crippen LogP contribution in [-0.2, 0) is 13.0 Å². The molecule has 0 aliphatic rings. The molecule has 0 N–H and O–H groups in total. The molecule has 0 unspecified atom stereocenters. The van der Waals surface area contributed by atoms with E-state index in [0.717, 1.165) is 40.8 Å². The Bertz CT molecular complexity index is 1140. The largest absolute Gasteiger partial charge is 0.307 e. The second kappa shape index (κ2) is 8.37. The first-order chi connectivity index (χ1) is 13.6. The van der Waals surface area contributed by atoms with E-state index < -0.39 is 0 Å². The lowest BCUT2D eigenvalue weighted by Crippen LogP contribution is -2.26. The maximum absolute atomic E-state index is 12.7. The average molecular weight is 367 g/mol. The Morgan fingerprint density at radius 3 is 2.29 bits per heavy atom. The molecule has 0 atom stereocenters. The monoisotopic (exact) mass is 367 g/mol. The summed E-state index contributed by atoms with van der Waals surface area (Å²) in [6, 6.07) is 21.3. The zero-order chi connectivity index (χ0) is 20.1. The number of aromatic nitrogens is 1. The van der Waals surface area contributed by atoms with Gasteiger partial charge in [0.15, 0.2) is 0 Å². The van der Waals surface area contributed by atoms with Crippen LogP contribution in [0.3, 0.4) is 0 Å². The van der Waals surface area contributed by atoms with Crippen LogP contribution in [0.2, 0.25) is 0 Å². The lowest BCUT2D eigenvalue weighted by Gasteiger charge is -2.15. The van der Waals surface area contributed by atoms with E-state index in [1.807, 2.05) is 55.5 Å². The molecule has 0 amide bonds. The first-order valence-corrected chi connectivity index (χ1v) is 9.31. The number of aryl methyl sites for hydroxylation is 1. The van der Waals surface area contributed by atoms with Gasteiger partial charge in [0.1, 0.15) is 11.6 Å². The van der Waals surface area contributed by atoms with Gasteiger partial charge in [0.2, 0.25) is 0 Å². The van der Waals surface area contributed by atoms with Crippen molar-refractivity contribution in [1.82, 2.24) is 4.57 Å². The van der Waals surface area contributed by atoms with Gasteiger partial charge in [-0.25, -0.2) is 0 Å². The minimum absolute atomic E-state index is 0.189. The fraction of sp³-hybridized carbons (Fsp3) is 0.208. The third-order valence-electron chi connectivity index (χ3n) is 4.96. The van der Waals surface area contributed by atoms with Gasteiger partial charge in [0.05, 0.1) is 18.2 Å². The van der Waals surface area contributed by atoms with Gasteiger partial charge in [-0.2, -0.15) is 10.5 Å². The molecule has 3 aromatic rings. The molecule has 1 aromatic heterocycles. The number of pyridine rings is 1. The van der Waals surface area contributed by atoms with Gasteiger partial charge in [0.25, 0.3) is 5.56 Å². The number of nitrogens with zero attached hydrogens (tertiary/aromatic N) is 3. The number of rotatable bonds is 5. The van der Waals surface area contributed by atoms with Crippen LogP contribution in [0.15, 0.2) is 59.4 Å². The highest BCUT2D eigenvalue weighted by molar-refractivity contribution is 5.70. The second-order valence-corrected chi connectivity index (χ2v) is 6.78. The first-order valence-electron chi connectivity index (χ1n) is 9.31. The van der Waals surface area contributed by atoms with Crippen molar-refractivity contribution in [2.45, 2.75) is 33.2 Å². The number of hydrogen-bond donors (Lipinski definition) is 0. The third-order valence-corrected chi connectivity index (χ3v) is 4.96. The summed E-state index contributed by atoms with van der Waals surface area (Å²) in [6.45, 7) is 4.43. The van der Waals surface area contributed by atoms with Crippen molar-refractivity contribution in [3.63, 3.8) is 0 Å². The number of hydrogen-bond acceptors (Lipinski definition) is 3. The van der Waals surface area contributed by atoms with Crippen molar-refractivity contribution in [2.24, 2.45) is 0 Å². The van der Waals surface area contributed by atoms with Crippen LogP contribution in [-0.4, -0.2) is 4.57 Å². The molecule has 0 bridgehead atoms. The van der Waals surface area contributed by atoms with Gasteiger partial charge in [-0.05, 0) is 47.7 Å². The molecule has 0 aliphatic heterocycles. The number of nitriles is 2. The summed E-state index contributed by atoms with van der Waals surface area (Å²) < 4.78 is 1.68. The van der Waals surface area contributed by atoms with E-state index in [4.69, 9.17) is 0 Å². The highest BCUT2D eigenvalue weighted by Gasteiger charge is 2.12. The zero-order valence-electron chi connectivity index (χ0n) is 16.1. The predicted molar refractivity (Wildman–Crippen MR) is 110 cm³/mol. The van der Waals surface area contributed by atoms with Crippen molar-refractivity contribution >= 4 is 0 Å². The molecule has 2 aromatic carbocycles. The van der Waals surface area contributed by atoms with Crippen LogP contribution in [0, 0.1) is 29.6 Å². The summed E-state index contributed by atoms with van der Waals surface area (Å²) in [5.74, 6) is 0. The molecule has 4 heteroatoms. The first kappa shape index (κ1) is 19.1. The van der Waals surface area contributed by atoms with E-state index in [2.05, 4.69) is 13.0 Å². The molecule has 3 rings (SSSR count). The van der Waals surface area contributed by atoms with Crippen LogP contribution >= 0.6 is 0 Å². The Kier molecular flexibility index (Phi) is 5.72. The molecule has 138 valence electrons. The van der Waals surface area contributed by atoms with Crippen molar-refractivity contribution < 1.29 is 0 Å². The molecule has 0 fully saturated rings. The Labute approximate surface area is 164 Å². The Morgan fingerprint density at radius 2 is 1.64 bits per heavy atom. The smallest absolute Gasteiger partial charge is 0.268 e. The summed E-state index contributed by atoms with van der Waals surface area (Å²) in [6.07, 6.45) is 1.79. The van der Waals surface area contributed by atoms with Crippen molar-refractivity contribution in [1.29, 1.82) is 10.5 Å². The van der Waals surface area contributed by atoms with Crippen LogP contribution in [0.25, 0.3) is 11.1 Å². The highest BCUT2D eigenvalue weighted by Crippen LogP contribution is 2.24. The standard InChI is InChI=1S/C24H21N3O/c1-3-6-20-13-22(15-26)24(28)27(17(20)2)16-18-9-11-19(12-10-18)23-8-5-4-7-21(23)14-25/h4-5,7-13H,3,6,16H2,1-2H3. The van der Waals surface area contributed by atoms with E-state index in [0.29, 0.717) is 12.1 Å². The lowest BCUT2D eigenvalue weighted by molar-refractivity contribution is 0.709. The molecule has 1 heterocycles. The third kappa shape index (κ3) is 3.72. The average Bonchev–Trinajstić information content (AvgIpc) is 2.73. The van der Waals surface area contributed by atoms with Gasteiger partial charge in [-0.15, -0.1) is 0 Å². The van der Waals surface area contributed by atoms with Crippen molar-refractivity contribution in [2.75, 3.05) is 0 Å². The maximum atomic E-state index is 12.7. The van der Waals surface area contributed by atoms with E-state index in [-0.39, 0.29) is 11.1 Å². The van der Waals surface area contributed by atoms with Crippen LogP contribution in [0.5, 0.6) is 0 Å². The normalized spacial score (nSPS) is 10.3. The zero-order valence-corrected chi connectivity index (χ0v) is 16.1. The molecule has 28 heavy (non-hydrogen) atoms. The van der Waals surface area contributed by atoms with Crippen LogP contribution in [0.1, 0.15) is 41.3 Å². The summed E-state index contributed by atoms with van der Waals surface area (Å²) in [5, 5.41) is 18.6.